The smallest absolute Gasteiger partial charge is 0.0940 e. The molecule has 0 aliphatic carbocycles. The van der Waals surface area contributed by atoms with Crippen LogP contribution in [0.25, 0.3) is 0 Å². The van der Waals surface area contributed by atoms with Gasteiger partial charge in [-0.1, -0.05) is 25.7 Å². The third kappa shape index (κ3) is 7.43. The van der Waals surface area contributed by atoms with Crippen molar-refractivity contribution in [3.05, 3.63) is 12.7 Å². The maximum Gasteiger partial charge on any atom is 0.0940 e. The minimum Gasteiger partial charge on any atom is -0.307 e. The molecule has 0 rings (SSSR count). The van der Waals surface area contributed by atoms with Crippen LogP contribution >= 0.6 is 0 Å². The zero-order valence-corrected chi connectivity index (χ0v) is 8.02. The van der Waals surface area contributed by atoms with Gasteiger partial charge in [-0.05, 0) is 0 Å². The Morgan fingerprint density at radius 3 is 2.50 bits per heavy atom. The van der Waals surface area contributed by atoms with E-state index < -0.39 is 8.07 Å². The summed E-state index contributed by atoms with van der Waals surface area (Å²) >= 11 is 0. The lowest BCUT2D eigenvalue weighted by Crippen LogP contribution is -2.24. The van der Waals surface area contributed by atoms with Crippen LogP contribution in [0.1, 0.15) is 0 Å². The van der Waals surface area contributed by atoms with Gasteiger partial charge < -0.3 is 5.43 Å². The highest BCUT2D eigenvalue weighted by molar-refractivity contribution is 6.99. The van der Waals surface area contributed by atoms with Crippen molar-refractivity contribution in [1.82, 2.24) is 5.43 Å². The van der Waals surface area contributed by atoms with Crippen LogP contribution in [-0.4, -0.2) is 20.5 Å². The van der Waals surface area contributed by atoms with Crippen molar-refractivity contribution in [2.24, 2.45) is 5.10 Å². The third-order valence-electron chi connectivity index (χ3n) is 0.779. The van der Waals surface area contributed by atoms with Crippen molar-refractivity contribution >= 4 is 13.9 Å². The summed E-state index contributed by atoms with van der Waals surface area (Å²) < 4.78 is 0. The van der Waals surface area contributed by atoms with Crippen molar-refractivity contribution in [3.63, 3.8) is 0 Å². The summed E-state index contributed by atoms with van der Waals surface area (Å²) in [6.07, 6.45) is 1.79. The SMILES string of the molecule is C=CCN/N=C/[Si](C)(C)C. The molecule has 0 atom stereocenters. The molecule has 0 bridgehead atoms. The van der Waals surface area contributed by atoms with Crippen molar-refractivity contribution in [3.8, 4) is 0 Å². The second-order valence-electron chi connectivity index (χ2n) is 3.28. The van der Waals surface area contributed by atoms with Crippen LogP contribution in [0.15, 0.2) is 17.8 Å². The molecule has 0 aromatic rings. The molecular weight excluding hydrogens is 140 g/mol. The van der Waals surface area contributed by atoms with Crippen molar-refractivity contribution in [2.75, 3.05) is 6.54 Å². The molecule has 0 radical (unpaired) electrons. The Balaban J connectivity index is 3.46. The first kappa shape index (κ1) is 9.43. The lowest BCUT2D eigenvalue weighted by molar-refractivity contribution is 0.833. The van der Waals surface area contributed by atoms with Crippen molar-refractivity contribution in [2.45, 2.75) is 19.6 Å². The molecule has 10 heavy (non-hydrogen) atoms. The summed E-state index contributed by atoms with van der Waals surface area (Å²) in [5, 5.41) is 4.05. The first-order chi connectivity index (χ1) is 4.56. The highest BCUT2D eigenvalue weighted by Gasteiger charge is 2.07. The number of nitrogens with zero attached hydrogens (tertiary/aromatic N) is 1. The van der Waals surface area contributed by atoms with Gasteiger partial charge in [0.05, 0.1) is 14.6 Å². The molecule has 0 fully saturated rings. The van der Waals surface area contributed by atoms with Gasteiger partial charge in [-0.15, -0.1) is 6.58 Å². The van der Waals surface area contributed by atoms with E-state index in [-0.39, 0.29) is 0 Å². The van der Waals surface area contributed by atoms with E-state index in [1.165, 1.54) is 0 Å². The summed E-state index contributed by atoms with van der Waals surface area (Å²) in [4.78, 5) is 0. The molecule has 3 heteroatoms. The molecule has 0 aliphatic heterocycles. The summed E-state index contributed by atoms with van der Waals surface area (Å²) in [5.41, 5.74) is 2.88. The monoisotopic (exact) mass is 156 g/mol. The average Bonchev–Trinajstić information content (AvgIpc) is 1.78. The fourth-order valence-corrected chi connectivity index (χ4v) is 0.835. The number of rotatable bonds is 4. The standard InChI is InChI=1S/C7H16N2Si/c1-5-6-8-9-7-10(2,3)4/h5,7-8H,1,6H2,2-4H3/b9-7+. The first-order valence-corrected chi connectivity index (χ1v) is 7.02. The van der Waals surface area contributed by atoms with Gasteiger partial charge in [0.25, 0.3) is 0 Å². The Kier molecular flexibility index (Phi) is 4.03. The minimum atomic E-state index is -1.10. The van der Waals surface area contributed by atoms with Crippen molar-refractivity contribution < 1.29 is 0 Å². The van der Waals surface area contributed by atoms with Gasteiger partial charge in [0, 0.05) is 5.84 Å². The van der Waals surface area contributed by atoms with Crippen LogP contribution in [-0.2, 0) is 0 Å². The largest absolute Gasteiger partial charge is 0.307 e. The van der Waals surface area contributed by atoms with Crippen LogP contribution in [0.2, 0.25) is 19.6 Å². The fraction of sp³-hybridized carbons (Fsp3) is 0.571. The Morgan fingerprint density at radius 2 is 2.10 bits per heavy atom. The molecule has 0 aromatic heterocycles. The molecule has 0 amide bonds. The van der Waals surface area contributed by atoms with E-state index in [0.29, 0.717) is 0 Å². The van der Waals surface area contributed by atoms with E-state index in [1.54, 1.807) is 6.08 Å². The Hall–Kier alpha value is -0.573. The lowest BCUT2D eigenvalue weighted by atomic mass is 10.7. The summed E-state index contributed by atoms with van der Waals surface area (Å²) in [6, 6.07) is 0. The van der Waals surface area contributed by atoms with E-state index >= 15 is 0 Å². The Bertz CT molecular complexity index is 124. The van der Waals surface area contributed by atoms with Crippen molar-refractivity contribution in [1.29, 1.82) is 0 Å². The predicted octanol–water partition coefficient (Wildman–Crippen LogP) is 1.63. The number of hydrazone groups is 1. The Labute approximate surface area is 64.0 Å². The molecule has 58 valence electrons. The minimum absolute atomic E-state index is 0.751. The van der Waals surface area contributed by atoms with Gasteiger partial charge in [-0.3, -0.25) is 0 Å². The predicted molar refractivity (Wildman–Crippen MR) is 50.0 cm³/mol. The molecule has 0 saturated heterocycles. The molecule has 0 aliphatic rings. The molecule has 0 aromatic carbocycles. The zero-order valence-electron chi connectivity index (χ0n) is 7.02. The van der Waals surface area contributed by atoms with Crippen LogP contribution in [0.4, 0.5) is 0 Å². The highest BCUT2D eigenvalue weighted by atomic mass is 28.3. The lowest BCUT2D eigenvalue weighted by Gasteiger charge is -2.06. The van der Waals surface area contributed by atoms with Crippen LogP contribution in [0, 0.1) is 0 Å². The second kappa shape index (κ2) is 4.28. The molecule has 2 nitrogen and oxygen atoms in total. The van der Waals surface area contributed by atoms with Gasteiger partial charge in [0.15, 0.2) is 0 Å². The maximum absolute atomic E-state index is 4.05. The maximum atomic E-state index is 4.05. The summed E-state index contributed by atoms with van der Waals surface area (Å²) in [5.74, 6) is 2.02. The van der Waals surface area contributed by atoms with Crippen LogP contribution in [0.3, 0.4) is 0 Å². The van der Waals surface area contributed by atoms with E-state index in [0.717, 1.165) is 6.54 Å². The van der Waals surface area contributed by atoms with Crippen LogP contribution in [0.5, 0.6) is 0 Å². The third-order valence-corrected chi connectivity index (χ3v) is 1.68. The van der Waals surface area contributed by atoms with Gasteiger partial charge >= 0.3 is 0 Å². The second-order valence-corrected chi connectivity index (χ2v) is 8.27. The van der Waals surface area contributed by atoms with E-state index in [9.17, 15) is 0 Å². The molecule has 0 spiro atoms. The quantitative estimate of drug-likeness (QED) is 0.216. The van der Waals surface area contributed by atoms with Gasteiger partial charge in [-0.25, -0.2) is 0 Å². The topological polar surface area (TPSA) is 24.4 Å². The normalized spacial score (nSPS) is 11.9. The number of hydrogen-bond donors (Lipinski definition) is 1. The number of nitrogens with one attached hydrogen (secondary N) is 1. The highest BCUT2D eigenvalue weighted by Crippen LogP contribution is 1.93. The molecule has 0 saturated carbocycles. The van der Waals surface area contributed by atoms with E-state index in [4.69, 9.17) is 0 Å². The molecular formula is C7H16N2Si. The van der Waals surface area contributed by atoms with Gasteiger partial charge in [-0.2, -0.15) is 5.10 Å². The van der Waals surface area contributed by atoms with E-state index in [2.05, 4.69) is 36.7 Å². The summed E-state index contributed by atoms with van der Waals surface area (Å²) in [7, 11) is -1.10. The summed E-state index contributed by atoms with van der Waals surface area (Å²) in [6.45, 7) is 11.0. The molecule has 0 heterocycles. The molecule has 1 N–H and O–H groups in total. The van der Waals surface area contributed by atoms with E-state index in [1.807, 2.05) is 5.84 Å². The van der Waals surface area contributed by atoms with Gasteiger partial charge in [0.1, 0.15) is 0 Å². The Morgan fingerprint density at radius 1 is 1.50 bits per heavy atom. The zero-order chi connectivity index (χ0) is 8.04. The fourth-order valence-electron chi connectivity index (χ4n) is 0.357. The van der Waals surface area contributed by atoms with Gasteiger partial charge in [0.2, 0.25) is 0 Å². The first-order valence-electron chi connectivity index (χ1n) is 3.44. The molecule has 0 unspecified atom stereocenters. The van der Waals surface area contributed by atoms with Crippen LogP contribution < -0.4 is 5.43 Å². The number of hydrogen-bond acceptors (Lipinski definition) is 2. The average molecular weight is 156 g/mol.